The van der Waals surface area contributed by atoms with Crippen LogP contribution in [-0.2, 0) is 4.74 Å². The molecular weight excluding hydrogens is 228 g/mol. The fraction of sp³-hybridized carbons (Fsp3) is 0.273. The summed E-state index contributed by atoms with van der Waals surface area (Å²) in [7, 11) is 1.63. The molecule has 0 aliphatic carbocycles. The summed E-state index contributed by atoms with van der Waals surface area (Å²) in [6.45, 7) is 1.05. The number of nitrogens with zero attached hydrogens (tertiary/aromatic N) is 2. The van der Waals surface area contributed by atoms with Gasteiger partial charge in [-0.05, 0) is 12.1 Å². The van der Waals surface area contributed by atoms with Gasteiger partial charge in [0.25, 0.3) is 0 Å². The summed E-state index contributed by atoms with van der Waals surface area (Å²) in [6.07, 6.45) is 3.27. The van der Waals surface area contributed by atoms with Crippen LogP contribution in [0.3, 0.4) is 0 Å². The van der Waals surface area contributed by atoms with Crippen LogP contribution in [0.4, 0.5) is 0 Å². The number of aromatic nitrogens is 2. The molecule has 16 heavy (non-hydrogen) atoms. The average Bonchev–Trinajstić information content (AvgIpc) is 2.30. The predicted molar refractivity (Wildman–Crippen MR) is 61.9 cm³/mol. The van der Waals surface area contributed by atoms with E-state index >= 15 is 0 Å². The summed E-state index contributed by atoms with van der Waals surface area (Å²) in [5, 5.41) is 1.32. The van der Waals surface area contributed by atoms with E-state index < -0.39 is 0 Å². The average molecular weight is 239 g/mol. The van der Waals surface area contributed by atoms with Crippen molar-refractivity contribution in [3.8, 4) is 5.75 Å². The normalized spacial score (nSPS) is 10.6. The van der Waals surface area contributed by atoms with Gasteiger partial charge >= 0.3 is 0 Å². The van der Waals surface area contributed by atoms with E-state index in [0.717, 1.165) is 5.39 Å². The van der Waals surface area contributed by atoms with Gasteiger partial charge in [-0.25, -0.2) is 9.97 Å². The van der Waals surface area contributed by atoms with E-state index in [1.807, 2.05) is 12.1 Å². The maximum absolute atomic E-state index is 5.90. The minimum absolute atomic E-state index is 0.404. The molecule has 0 N–H and O–H groups in total. The Balaban J connectivity index is 2.23. The second-order valence-electron chi connectivity index (χ2n) is 3.19. The number of hydrogen-bond donors (Lipinski definition) is 0. The van der Waals surface area contributed by atoms with E-state index in [1.165, 1.54) is 0 Å². The van der Waals surface area contributed by atoms with Gasteiger partial charge in [-0.15, -0.1) is 0 Å². The van der Waals surface area contributed by atoms with Crippen molar-refractivity contribution in [2.45, 2.75) is 0 Å². The lowest BCUT2D eigenvalue weighted by molar-refractivity contribution is 0.146. The molecule has 0 unspecified atom stereocenters. The fourth-order valence-electron chi connectivity index (χ4n) is 1.33. The van der Waals surface area contributed by atoms with Crippen LogP contribution in [-0.4, -0.2) is 30.3 Å². The van der Waals surface area contributed by atoms with Crippen LogP contribution in [0.5, 0.6) is 5.75 Å². The molecule has 0 fully saturated rings. The van der Waals surface area contributed by atoms with Crippen molar-refractivity contribution in [3.63, 3.8) is 0 Å². The van der Waals surface area contributed by atoms with Crippen molar-refractivity contribution in [3.05, 3.63) is 29.7 Å². The minimum atomic E-state index is 0.404. The molecular formula is C11H11ClN2O2. The topological polar surface area (TPSA) is 44.2 Å². The lowest BCUT2D eigenvalue weighted by atomic mass is 10.2. The van der Waals surface area contributed by atoms with Gasteiger partial charge in [0, 0.05) is 18.7 Å². The monoisotopic (exact) mass is 238 g/mol. The zero-order chi connectivity index (χ0) is 11.4. The van der Waals surface area contributed by atoms with Crippen LogP contribution >= 0.6 is 11.6 Å². The molecule has 0 radical (unpaired) electrons. The van der Waals surface area contributed by atoms with Crippen molar-refractivity contribution < 1.29 is 9.47 Å². The SMILES string of the molecule is COCCOc1cnc2c(Cl)nccc2c1. The first-order chi connectivity index (χ1) is 7.81. The lowest BCUT2D eigenvalue weighted by Crippen LogP contribution is -2.04. The van der Waals surface area contributed by atoms with Crippen LogP contribution in [0.25, 0.3) is 10.9 Å². The summed E-state index contributed by atoms with van der Waals surface area (Å²) in [6, 6.07) is 3.73. The number of fused-ring (bicyclic) bond motifs is 1. The Morgan fingerprint density at radius 3 is 3.00 bits per heavy atom. The smallest absolute Gasteiger partial charge is 0.155 e. The van der Waals surface area contributed by atoms with Crippen LogP contribution in [0.15, 0.2) is 24.5 Å². The van der Waals surface area contributed by atoms with Crippen LogP contribution in [0, 0.1) is 0 Å². The van der Waals surface area contributed by atoms with Gasteiger partial charge < -0.3 is 9.47 Å². The van der Waals surface area contributed by atoms with E-state index in [-0.39, 0.29) is 0 Å². The highest BCUT2D eigenvalue weighted by molar-refractivity contribution is 6.33. The summed E-state index contributed by atoms with van der Waals surface area (Å²) >= 11 is 5.90. The van der Waals surface area contributed by atoms with Gasteiger partial charge in [-0.2, -0.15) is 0 Å². The molecule has 0 saturated carbocycles. The van der Waals surface area contributed by atoms with Crippen molar-refractivity contribution in [2.75, 3.05) is 20.3 Å². The number of methoxy groups -OCH3 is 1. The second-order valence-corrected chi connectivity index (χ2v) is 3.54. The Kier molecular flexibility index (Phi) is 3.54. The van der Waals surface area contributed by atoms with Gasteiger partial charge in [0.15, 0.2) is 5.15 Å². The molecule has 0 atom stereocenters. The molecule has 0 amide bonds. The van der Waals surface area contributed by atoms with Gasteiger partial charge in [0.05, 0.1) is 12.8 Å². The van der Waals surface area contributed by atoms with Gasteiger partial charge in [0.1, 0.15) is 17.9 Å². The predicted octanol–water partition coefficient (Wildman–Crippen LogP) is 2.31. The van der Waals surface area contributed by atoms with Gasteiger partial charge in [0.2, 0.25) is 0 Å². The summed E-state index contributed by atoms with van der Waals surface area (Å²) < 4.78 is 10.3. The molecule has 2 aromatic heterocycles. The number of halogens is 1. The Hall–Kier alpha value is -1.39. The molecule has 84 valence electrons. The van der Waals surface area contributed by atoms with E-state index in [2.05, 4.69) is 9.97 Å². The highest BCUT2D eigenvalue weighted by Crippen LogP contribution is 2.22. The van der Waals surface area contributed by atoms with Crippen LogP contribution < -0.4 is 4.74 Å². The standard InChI is InChI=1S/C11H11ClN2O2/c1-15-4-5-16-9-6-8-2-3-13-11(12)10(8)14-7-9/h2-3,6-7H,4-5H2,1H3. The van der Waals surface area contributed by atoms with Crippen molar-refractivity contribution in [1.82, 2.24) is 9.97 Å². The second kappa shape index (κ2) is 5.09. The van der Waals surface area contributed by atoms with Gasteiger partial charge in [-0.1, -0.05) is 11.6 Å². The zero-order valence-electron chi connectivity index (χ0n) is 8.81. The molecule has 2 aromatic rings. The molecule has 0 aromatic carbocycles. The molecule has 0 bridgehead atoms. The maximum atomic E-state index is 5.90. The maximum Gasteiger partial charge on any atom is 0.155 e. The van der Waals surface area contributed by atoms with Crippen molar-refractivity contribution in [1.29, 1.82) is 0 Å². The highest BCUT2D eigenvalue weighted by Gasteiger charge is 2.02. The van der Waals surface area contributed by atoms with Gasteiger partial charge in [-0.3, -0.25) is 0 Å². The molecule has 2 rings (SSSR count). The largest absolute Gasteiger partial charge is 0.490 e. The zero-order valence-corrected chi connectivity index (χ0v) is 9.57. The third kappa shape index (κ3) is 2.40. The quantitative estimate of drug-likeness (QED) is 0.606. The Morgan fingerprint density at radius 1 is 1.31 bits per heavy atom. The number of rotatable bonds is 4. The first-order valence-corrected chi connectivity index (χ1v) is 5.21. The first-order valence-electron chi connectivity index (χ1n) is 4.83. The van der Waals surface area contributed by atoms with Crippen LogP contribution in [0.2, 0.25) is 5.15 Å². The van der Waals surface area contributed by atoms with E-state index in [1.54, 1.807) is 19.5 Å². The summed E-state index contributed by atoms with van der Waals surface area (Å²) in [5.74, 6) is 0.701. The first kappa shape index (κ1) is 11.1. The number of pyridine rings is 2. The molecule has 0 aliphatic heterocycles. The third-order valence-electron chi connectivity index (χ3n) is 2.09. The Labute approximate surface area is 98.2 Å². The molecule has 0 aliphatic rings. The van der Waals surface area contributed by atoms with E-state index in [0.29, 0.717) is 29.6 Å². The minimum Gasteiger partial charge on any atom is -0.490 e. The number of hydrogen-bond acceptors (Lipinski definition) is 4. The molecule has 0 saturated heterocycles. The molecule has 4 nitrogen and oxygen atoms in total. The Bertz CT molecular complexity index is 490. The van der Waals surface area contributed by atoms with E-state index in [4.69, 9.17) is 21.1 Å². The molecule has 5 heteroatoms. The molecule has 2 heterocycles. The summed E-state index contributed by atoms with van der Waals surface area (Å²) in [4.78, 5) is 8.15. The lowest BCUT2D eigenvalue weighted by Gasteiger charge is -2.06. The number of ether oxygens (including phenoxy) is 2. The summed E-state index contributed by atoms with van der Waals surface area (Å²) in [5.41, 5.74) is 0.684. The van der Waals surface area contributed by atoms with E-state index in [9.17, 15) is 0 Å². The Morgan fingerprint density at radius 2 is 2.19 bits per heavy atom. The highest BCUT2D eigenvalue weighted by atomic mass is 35.5. The molecule has 0 spiro atoms. The van der Waals surface area contributed by atoms with Crippen LogP contribution in [0.1, 0.15) is 0 Å². The fourth-order valence-corrected chi connectivity index (χ4v) is 1.54. The van der Waals surface area contributed by atoms with Crippen molar-refractivity contribution >= 4 is 22.5 Å². The van der Waals surface area contributed by atoms with Crippen molar-refractivity contribution in [2.24, 2.45) is 0 Å². The third-order valence-corrected chi connectivity index (χ3v) is 2.36.